The molecule has 0 aromatic heterocycles. The average Bonchev–Trinajstić information content (AvgIpc) is 2.16. The van der Waals surface area contributed by atoms with Crippen LogP contribution < -0.4 is 0 Å². The van der Waals surface area contributed by atoms with Crippen molar-refractivity contribution in [3.8, 4) is 0 Å². The highest BCUT2D eigenvalue weighted by atomic mass is 19.1. The molecular formula is C5H9FO3. The molecule has 9 heavy (non-hydrogen) atoms. The third-order valence-corrected chi connectivity index (χ3v) is 1.01. The van der Waals surface area contributed by atoms with Gasteiger partial charge in [0.25, 0.3) is 0 Å². The number of halogens is 1. The van der Waals surface area contributed by atoms with Gasteiger partial charge in [-0.2, -0.15) is 0 Å². The molecule has 0 aromatic carbocycles. The number of hydrogen-bond acceptors (Lipinski definition) is 1. The number of hydrogen-bond donors (Lipinski definition) is 2. The molecule has 1 aliphatic rings. The van der Waals surface area contributed by atoms with Crippen molar-refractivity contribution in [1.29, 1.82) is 0 Å². The quantitative estimate of drug-likeness (QED) is 0.531. The van der Waals surface area contributed by atoms with E-state index < -0.39 is 12.3 Å². The molecule has 0 radical (unpaired) electrons. The van der Waals surface area contributed by atoms with E-state index in [0.29, 0.717) is 5.92 Å². The van der Waals surface area contributed by atoms with E-state index in [0.717, 1.165) is 6.42 Å². The third-order valence-electron chi connectivity index (χ3n) is 1.01. The van der Waals surface area contributed by atoms with Crippen LogP contribution in [0.3, 0.4) is 0 Å². The van der Waals surface area contributed by atoms with Gasteiger partial charge < -0.3 is 10.2 Å². The predicted octanol–water partition coefficient (Wildman–Crippen LogP) is 1.59. The molecule has 0 saturated heterocycles. The summed E-state index contributed by atoms with van der Waals surface area (Å²) in [6.07, 6.45) is -1.48. The van der Waals surface area contributed by atoms with Crippen LogP contribution in [0.5, 0.6) is 0 Å². The molecule has 3 nitrogen and oxygen atoms in total. The summed E-state index contributed by atoms with van der Waals surface area (Å²) in [4.78, 5) is 8.56. The topological polar surface area (TPSA) is 57.5 Å². The Morgan fingerprint density at radius 3 is 1.78 bits per heavy atom. The van der Waals surface area contributed by atoms with Crippen molar-refractivity contribution >= 4 is 6.16 Å². The maximum atomic E-state index is 11.5. The molecule has 1 rings (SSSR count). The summed E-state index contributed by atoms with van der Waals surface area (Å²) < 4.78 is 11.5. The lowest BCUT2D eigenvalue weighted by atomic mass is 10.5. The predicted molar refractivity (Wildman–Crippen MR) is 29.3 cm³/mol. The second-order valence-electron chi connectivity index (χ2n) is 2.01. The van der Waals surface area contributed by atoms with Crippen LogP contribution in [-0.2, 0) is 0 Å². The molecule has 1 fully saturated rings. The zero-order valence-electron chi connectivity index (χ0n) is 5.04. The maximum absolute atomic E-state index is 11.5. The van der Waals surface area contributed by atoms with Gasteiger partial charge in [0.1, 0.15) is 6.17 Å². The highest BCUT2D eigenvalue weighted by molar-refractivity contribution is 5.53. The summed E-state index contributed by atoms with van der Waals surface area (Å²) in [7, 11) is 0. The fraction of sp³-hybridized carbons (Fsp3) is 0.800. The minimum absolute atomic E-state index is 0.384. The second-order valence-corrected chi connectivity index (χ2v) is 2.01. The van der Waals surface area contributed by atoms with Crippen LogP contribution >= 0.6 is 0 Å². The van der Waals surface area contributed by atoms with Gasteiger partial charge in [0.15, 0.2) is 0 Å². The molecule has 0 aromatic rings. The first-order valence-corrected chi connectivity index (χ1v) is 2.60. The minimum atomic E-state index is -1.83. The molecule has 0 aliphatic heterocycles. The molecule has 0 amide bonds. The van der Waals surface area contributed by atoms with Crippen LogP contribution in [0.2, 0.25) is 0 Å². The van der Waals surface area contributed by atoms with Crippen LogP contribution in [0.15, 0.2) is 0 Å². The largest absolute Gasteiger partial charge is 0.503 e. The Balaban J connectivity index is 0.000000148. The maximum Gasteiger partial charge on any atom is 0.503 e. The Hall–Kier alpha value is -0.800. The van der Waals surface area contributed by atoms with Gasteiger partial charge in [-0.1, -0.05) is 6.92 Å². The molecule has 2 N–H and O–H groups in total. The van der Waals surface area contributed by atoms with Crippen molar-refractivity contribution in [1.82, 2.24) is 0 Å². The molecule has 0 bridgehead atoms. The van der Waals surface area contributed by atoms with E-state index in [1.807, 2.05) is 6.92 Å². The normalized spacial score (nSPS) is 30.0. The number of carboxylic acid groups (broad SMARTS) is 2. The van der Waals surface area contributed by atoms with E-state index in [2.05, 4.69) is 0 Å². The van der Waals surface area contributed by atoms with Crippen molar-refractivity contribution in [2.45, 2.75) is 19.5 Å². The van der Waals surface area contributed by atoms with Crippen molar-refractivity contribution in [3.63, 3.8) is 0 Å². The summed E-state index contributed by atoms with van der Waals surface area (Å²) in [5, 5.41) is 13.9. The van der Waals surface area contributed by atoms with E-state index in [4.69, 9.17) is 15.0 Å². The molecule has 54 valence electrons. The molecule has 1 aliphatic carbocycles. The minimum Gasteiger partial charge on any atom is -0.450 e. The Bertz CT molecular complexity index is 94.4. The SMILES string of the molecule is CC1CC1F.O=C(O)O. The Morgan fingerprint density at radius 1 is 1.67 bits per heavy atom. The van der Waals surface area contributed by atoms with Gasteiger partial charge in [0.05, 0.1) is 0 Å². The van der Waals surface area contributed by atoms with Gasteiger partial charge in [-0.25, -0.2) is 9.18 Å². The lowest BCUT2D eigenvalue weighted by Gasteiger charge is -1.63. The van der Waals surface area contributed by atoms with Gasteiger partial charge in [0.2, 0.25) is 0 Å². The van der Waals surface area contributed by atoms with Crippen LogP contribution in [0.1, 0.15) is 13.3 Å². The average molecular weight is 136 g/mol. The smallest absolute Gasteiger partial charge is 0.450 e. The zero-order chi connectivity index (χ0) is 7.44. The summed E-state index contributed by atoms with van der Waals surface area (Å²) in [6, 6.07) is 0. The van der Waals surface area contributed by atoms with E-state index in [-0.39, 0.29) is 0 Å². The number of rotatable bonds is 0. The Labute approximate surface area is 52.1 Å². The highest BCUT2D eigenvalue weighted by Gasteiger charge is 2.31. The summed E-state index contributed by atoms with van der Waals surface area (Å²) in [5.74, 6) is 0.384. The fourth-order valence-corrected chi connectivity index (χ4v) is 0.277. The van der Waals surface area contributed by atoms with E-state index in [1.165, 1.54) is 0 Å². The van der Waals surface area contributed by atoms with E-state index in [9.17, 15) is 4.39 Å². The Morgan fingerprint density at radius 2 is 1.78 bits per heavy atom. The van der Waals surface area contributed by atoms with Gasteiger partial charge in [-0.15, -0.1) is 0 Å². The van der Waals surface area contributed by atoms with Gasteiger partial charge in [-0.3, -0.25) is 0 Å². The van der Waals surface area contributed by atoms with Crippen LogP contribution in [0.4, 0.5) is 9.18 Å². The first-order valence-electron chi connectivity index (χ1n) is 2.60. The molecular weight excluding hydrogens is 127 g/mol. The first kappa shape index (κ1) is 8.20. The van der Waals surface area contributed by atoms with Gasteiger partial charge in [-0.05, 0) is 12.3 Å². The van der Waals surface area contributed by atoms with E-state index in [1.54, 1.807) is 0 Å². The lowest BCUT2D eigenvalue weighted by molar-refractivity contribution is 0.137. The van der Waals surface area contributed by atoms with Gasteiger partial charge in [0, 0.05) is 0 Å². The monoisotopic (exact) mass is 136 g/mol. The van der Waals surface area contributed by atoms with Crippen molar-refractivity contribution in [2.24, 2.45) is 5.92 Å². The number of alkyl halides is 1. The molecule has 0 spiro atoms. The summed E-state index contributed by atoms with van der Waals surface area (Å²) >= 11 is 0. The van der Waals surface area contributed by atoms with E-state index >= 15 is 0 Å². The summed E-state index contributed by atoms with van der Waals surface area (Å²) in [6.45, 7) is 1.92. The van der Waals surface area contributed by atoms with Crippen molar-refractivity contribution < 1.29 is 19.4 Å². The zero-order valence-corrected chi connectivity index (χ0v) is 5.04. The molecule has 1 saturated carbocycles. The van der Waals surface area contributed by atoms with Crippen LogP contribution in [0, 0.1) is 5.92 Å². The molecule has 0 heterocycles. The first-order chi connectivity index (χ1) is 4.04. The number of carbonyl (C=O) groups is 1. The Kier molecular flexibility index (Phi) is 2.98. The van der Waals surface area contributed by atoms with Crippen molar-refractivity contribution in [3.05, 3.63) is 0 Å². The van der Waals surface area contributed by atoms with Crippen LogP contribution in [-0.4, -0.2) is 22.5 Å². The third kappa shape index (κ3) is 7.20. The molecule has 2 unspecified atom stereocenters. The lowest BCUT2D eigenvalue weighted by Crippen LogP contribution is -1.81. The second kappa shape index (κ2) is 3.27. The molecule has 4 heteroatoms. The van der Waals surface area contributed by atoms with Crippen LogP contribution in [0.25, 0.3) is 0 Å². The summed E-state index contributed by atoms with van der Waals surface area (Å²) in [5.41, 5.74) is 0. The fourth-order valence-electron chi connectivity index (χ4n) is 0.277. The molecule has 2 atom stereocenters. The highest BCUT2D eigenvalue weighted by Crippen LogP contribution is 2.32. The standard InChI is InChI=1S/C4H7F.CH2O3/c1-3-2-4(3)5;2-1(3)4/h3-4H,2H2,1H3;(H2,2,3,4). The van der Waals surface area contributed by atoms with Gasteiger partial charge >= 0.3 is 6.16 Å². The van der Waals surface area contributed by atoms with Crippen molar-refractivity contribution in [2.75, 3.05) is 0 Å².